The van der Waals surface area contributed by atoms with Gasteiger partial charge in [0.25, 0.3) is 5.91 Å². The van der Waals surface area contributed by atoms with Crippen molar-refractivity contribution in [2.45, 2.75) is 82.1 Å². The van der Waals surface area contributed by atoms with Crippen molar-refractivity contribution in [1.82, 2.24) is 25.6 Å². The van der Waals surface area contributed by atoms with Crippen LogP contribution in [-0.2, 0) is 11.2 Å². The number of nitrogens with one attached hydrogen (secondary N) is 4. The highest BCUT2D eigenvalue weighted by Crippen LogP contribution is 2.36. The molecular formula is C28H37N5O4. The van der Waals surface area contributed by atoms with Crippen molar-refractivity contribution < 1.29 is 19.8 Å². The molecule has 2 amide bonds. The van der Waals surface area contributed by atoms with E-state index in [0.29, 0.717) is 23.7 Å². The molecule has 198 valence electrons. The number of nitrogens with zero attached hydrogens (tertiary/aromatic N) is 1. The Kier molecular flexibility index (Phi) is 7.90. The molecular weight excluding hydrogens is 470 g/mol. The van der Waals surface area contributed by atoms with Crippen LogP contribution < -0.4 is 10.6 Å². The van der Waals surface area contributed by atoms with Gasteiger partial charge in [-0.05, 0) is 43.2 Å². The van der Waals surface area contributed by atoms with Crippen molar-refractivity contribution in [2.24, 2.45) is 11.8 Å². The van der Waals surface area contributed by atoms with Gasteiger partial charge in [-0.25, -0.2) is 4.98 Å². The monoisotopic (exact) mass is 507 g/mol. The molecule has 2 aliphatic carbocycles. The van der Waals surface area contributed by atoms with Crippen LogP contribution >= 0.6 is 0 Å². The van der Waals surface area contributed by atoms with Crippen molar-refractivity contribution in [2.75, 3.05) is 0 Å². The summed E-state index contributed by atoms with van der Waals surface area (Å²) in [5, 5.41) is 28.6. The van der Waals surface area contributed by atoms with Gasteiger partial charge in [0.2, 0.25) is 5.91 Å². The van der Waals surface area contributed by atoms with Gasteiger partial charge in [0.15, 0.2) is 0 Å². The summed E-state index contributed by atoms with van der Waals surface area (Å²) in [6, 6.07) is 7.89. The van der Waals surface area contributed by atoms with Crippen LogP contribution in [0.2, 0.25) is 0 Å². The molecule has 0 saturated heterocycles. The molecule has 37 heavy (non-hydrogen) atoms. The first-order valence-electron chi connectivity index (χ1n) is 13.5. The molecule has 5 rings (SSSR count). The Labute approximate surface area is 216 Å². The summed E-state index contributed by atoms with van der Waals surface area (Å²) in [4.78, 5) is 36.9. The van der Waals surface area contributed by atoms with Crippen LogP contribution in [0.25, 0.3) is 10.9 Å². The lowest BCUT2D eigenvalue weighted by molar-refractivity contribution is -0.125. The van der Waals surface area contributed by atoms with Crippen molar-refractivity contribution in [1.29, 1.82) is 0 Å². The molecule has 1 aromatic carbocycles. The average molecular weight is 508 g/mol. The minimum absolute atomic E-state index is 0.0864. The molecule has 0 unspecified atom stereocenters. The lowest BCUT2D eigenvalue weighted by Gasteiger charge is -2.33. The maximum atomic E-state index is 13.6. The number of benzene rings is 1. The second-order valence-corrected chi connectivity index (χ2v) is 10.8. The van der Waals surface area contributed by atoms with E-state index in [1.54, 1.807) is 12.3 Å². The number of hydrogen-bond donors (Lipinski definition) is 6. The number of imidazole rings is 1. The van der Waals surface area contributed by atoms with Gasteiger partial charge in [-0.3, -0.25) is 9.59 Å². The number of aliphatic hydroxyl groups is 2. The quantitative estimate of drug-likeness (QED) is 0.237. The highest BCUT2D eigenvalue weighted by Gasteiger charge is 2.40. The van der Waals surface area contributed by atoms with E-state index in [2.05, 4.69) is 25.6 Å². The molecule has 2 heterocycles. The van der Waals surface area contributed by atoms with E-state index in [0.717, 1.165) is 49.4 Å². The molecule has 6 N–H and O–H groups in total. The second kappa shape index (κ2) is 11.5. The van der Waals surface area contributed by atoms with Gasteiger partial charge < -0.3 is 30.8 Å². The Balaban J connectivity index is 1.32. The molecule has 4 atom stereocenters. The molecule has 0 bridgehead atoms. The fourth-order valence-corrected chi connectivity index (χ4v) is 5.56. The number of fused-ring (bicyclic) bond motifs is 1. The summed E-state index contributed by atoms with van der Waals surface area (Å²) >= 11 is 0. The third-order valence-electron chi connectivity index (χ3n) is 7.88. The molecule has 3 aromatic rings. The summed E-state index contributed by atoms with van der Waals surface area (Å²) in [6.07, 6.45) is 9.51. The highest BCUT2D eigenvalue weighted by molar-refractivity contribution is 6.00. The molecule has 2 aliphatic rings. The predicted octanol–water partition coefficient (Wildman–Crippen LogP) is 2.82. The first kappa shape index (κ1) is 25.5. The van der Waals surface area contributed by atoms with E-state index in [-0.39, 0.29) is 18.2 Å². The zero-order chi connectivity index (χ0) is 25.8. The zero-order valence-corrected chi connectivity index (χ0v) is 21.0. The number of amides is 2. The van der Waals surface area contributed by atoms with E-state index in [4.69, 9.17) is 0 Å². The Morgan fingerprint density at radius 3 is 2.54 bits per heavy atom. The van der Waals surface area contributed by atoms with Crippen LogP contribution in [-0.4, -0.2) is 61.3 Å². The number of H-pyrrole nitrogens is 2. The first-order chi connectivity index (χ1) is 18.0. The first-order valence-corrected chi connectivity index (χ1v) is 13.5. The van der Waals surface area contributed by atoms with Crippen molar-refractivity contribution in [3.05, 3.63) is 54.2 Å². The molecule has 2 saturated carbocycles. The largest absolute Gasteiger partial charge is 0.390 e. The summed E-state index contributed by atoms with van der Waals surface area (Å²) < 4.78 is 0. The Bertz CT molecular complexity index is 1150. The van der Waals surface area contributed by atoms with E-state index >= 15 is 0 Å². The minimum atomic E-state index is -1.05. The van der Waals surface area contributed by atoms with Gasteiger partial charge in [-0.15, -0.1) is 0 Å². The lowest BCUT2D eigenvalue weighted by Crippen LogP contribution is -2.56. The lowest BCUT2D eigenvalue weighted by atomic mass is 9.82. The number of rotatable bonds is 11. The van der Waals surface area contributed by atoms with Crippen LogP contribution in [0.3, 0.4) is 0 Å². The van der Waals surface area contributed by atoms with Gasteiger partial charge in [0, 0.05) is 29.2 Å². The molecule has 2 fully saturated rings. The summed E-state index contributed by atoms with van der Waals surface area (Å²) in [7, 11) is 0. The van der Waals surface area contributed by atoms with E-state index < -0.39 is 30.2 Å². The molecule has 2 aromatic heterocycles. The van der Waals surface area contributed by atoms with Gasteiger partial charge in [0.05, 0.1) is 18.5 Å². The van der Waals surface area contributed by atoms with Crippen LogP contribution in [0, 0.1) is 11.8 Å². The number of carbonyl (C=O) groups is 2. The van der Waals surface area contributed by atoms with Crippen molar-refractivity contribution in [3.8, 4) is 0 Å². The van der Waals surface area contributed by atoms with Gasteiger partial charge in [-0.2, -0.15) is 0 Å². The minimum Gasteiger partial charge on any atom is -0.390 e. The van der Waals surface area contributed by atoms with Crippen LogP contribution in [0.15, 0.2) is 42.9 Å². The third-order valence-corrected chi connectivity index (χ3v) is 7.88. The molecule has 0 aliphatic heterocycles. The van der Waals surface area contributed by atoms with Gasteiger partial charge >= 0.3 is 0 Å². The Hall–Kier alpha value is -3.17. The summed E-state index contributed by atoms with van der Waals surface area (Å²) in [6.45, 7) is 0. The topological polar surface area (TPSA) is 143 Å². The van der Waals surface area contributed by atoms with Crippen LogP contribution in [0.1, 0.15) is 67.5 Å². The van der Waals surface area contributed by atoms with E-state index in [9.17, 15) is 19.8 Å². The fourth-order valence-electron chi connectivity index (χ4n) is 5.56. The molecule has 9 nitrogen and oxygen atoms in total. The smallest absolute Gasteiger partial charge is 0.268 e. The molecule has 0 radical (unpaired) electrons. The van der Waals surface area contributed by atoms with Crippen molar-refractivity contribution in [3.63, 3.8) is 0 Å². The SMILES string of the molecule is O=C(N[C@@H](Cc1cnc[nH]1)C(=O)N[C@@H](CC1CCCCC1)[C@@H](O)[C@@H](O)C1CC1)c1cc2ccccc2[nH]1. The van der Waals surface area contributed by atoms with Crippen LogP contribution in [0.4, 0.5) is 0 Å². The van der Waals surface area contributed by atoms with E-state index in [1.807, 2.05) is 24.3 Å². The Morgan fingerprint density at radius 1 is 1.05 bits per heavy atom. The number of aromatic nitrogens is 3. The highest BCUT2D eigenvalue weighted by atomic mass is 16.3. The number of hydrogen-bond acceptors (Lipinski definition) is 5. The van der Waals surface area contributed by atoms with E-state index in [1.165, 1.54) is 12.7 Å². The molecule has 0 spiro atoms. The standard InChI is InChI=1S/C28H37N5O4/c34-25(18-10-11-18)26(35)22(12-17-6-2-1-3-7-17)32-28(37)24(14-20-15-29-16-30-20)33-27(36)23-13-19-8-4-5-9-21(19)31-23/h4-5,8-9,13,15-18,22,24-26,31,34-35H,1-3,6-7,10-12,14H2,(H,29,30)(H,32,37)(H,33,36)/t22-,24-,25-,26+/m0/s1. The predicted molar refractivity (Wildman–Crippen MR) is 140 cm³/mol. The average Bonchev–Trinajstić information content (AvgIpc) is 3.45. The number of aromatic amines is 2. The number of aliphatic hydroxyl groups excluding tert-OH is 2. The summed E-state index contributed by atoms with van der Waals surface area (Å²) in [5.41, 5.74) is 1.91. The third kappa shape index (κ3) is 6.40. The number of para-hydroxylation sites is 1. The maximum absolute atomic E-state index is 13.6. The maximum Gasteiger partial charge on any atom is 0.268 e. The zero-order valence-electron chi connectivity index (χ0n) is 21.0. The normalized spacial score (nSPS) is 19.7. The number of carbonyl (C=O) groups excluding carboxylic acids is 2. The summed E-state index contributed by atoms with van der Waals surface area (Å²) in [5.74, 6) is -0.296. The Morgan fingerprint density at radius 2 is 1.84 bits per heavy atom. The van der Waals surface area contributed by atoms with Crippen molar-refractivity contribution >= 4 is 22.7 Å². The molecule has 9 heteroatoms. The van der Waals surface area contributed by atoms with Gasteiger partial charge in [-0.1, -0.05) is 50.3 Å². The fraction of sp³-hybridized carbons (Fsp3) is 0.536. The van der Waals surface area contributed by atoms with Gasteiger partial charge in [0.1, 0.15) is 17.8 Å². The van der Waals surface area contributed by atoms with Crippen LogP contribution in [0.5, 0.6) is 0 Å². The second-order valence-electron chi connectivity index (χ2n) is 10.8.